The van der Waals surface area contributed by atoms with Gasteiger partial charge >= 0.3 is 0 Å². The number of nitriles is 1. The maximum Gasteiger partial charge on any atom is 0.266 e. The summed E-state index contributed by atoms with van der Waals surface area (Å²) in [6.07, 6.45) is 1.40. The highest BCUT2D eigenvalue weighted by Crippen LogP contribution is 2.27. The number of rotatable bonds is 10. The molecule has 3 aromatic carbocycles. The maximum absolute atomic E-state index is 12.7. The largest absolute Gasteiger partial charge is 0.497 e. The first-order valence-electron chi connectivity index (χ1n) is 11.2. The highest BCUT2D eigenvalue weighted by atomic mass is 16.5. The van der Waals surface area contributed by atoms with Gasteiger partial charge in [-0.3, -0.25) is 9.59 Å². The molecule has 0 bridgehead atoms. The van der Waals surface area contributed by atoms with Gasteiger partial charge in [0.25, 0.3) is 11.8 Å². The standard InChI is InChI=1S/C28H27N3O5/c1-4-35-24-12-9-22(10-13-24)31-28(33)21(17-29)15-20-8-11-25(34-3)16-26(20)36-18-27(32)30-23-7-5-6-19(2)14-23/h5-16H,4,18H2,1-3H3,(H,30,32)(H,31,33)/b21-15+. The minimum absolute atomic E-state index is 0.136. The average Bonchev–Trinajstić information content (AvgIpc) is 2.87. The van der Waals surface area contributed by atoms with E-state index in [9.17, 15) is 14.9 Å². The molecule has 0 radical (unpaired) electrons. The van der Waals surface area contributed by atoms with E-state index in [0.29, 0.717) is 35.0 Å². The van der Waals surface area contributed by atoms with Crippen molar-refractivity contribution < 1.29 is 23.8 Å². The molecule has 0 aromatic heterocycles. The molecule has 0 spiro atoms. The van der Waals surface area contributed by atoms with Gasteiger partial charge in [-0.15, -0.1) is 0 Å². The number of hydrogen-bond donors (Lipinski definition) is 2. The summed E-state index contributed by atoms with van der Waals surface area (Å²) in [5.41, 5.74) is 2.50. The van der Waals surface area contributed by atoms with E-state index in [1.54, 1.807) is 48.5 Å². The molecule has 0 unspecified atom stereocenters. The Labute approximate surface area is 210 Å². The summed E-state index contributed by atoms with van der Waals surface area (Å²) in [6, 6.07) is 21.1. The van der Waals surface area contributed by atoms with Crippen LogP contribution in [0, 0.1) is 18.3 Å². The number of ether oxygens (including phenoxy) is 3. The third-order valence-electron chi connectivity index (χ3n) is 4.97. The lowest BCUT2D eigenvalue weighted by atomic mass is 10.1. The van der Waals surface area contributed by atoms with Crippen molar-refractivity contribution in [1.29, 1.82) is 5.26 Å². The highest BCUT2D eigenvalue weighted by molar-refractivity contribution is 6.09. The van der Waals surface area contributed by atoms with E-state index in [1.807, 2.05) is 38.1 Å². The third-order valence-corrected chi connectivity index (χ3v) is 4.97. The molecular weight excluding hydrogens is 458 g/mol. The second kappa shape index (κ2) is 12.6. The van der Waals surface area contributed by atoms with Crippen LogP contribution in [0.5, 0.6) is 17.2 Å². The van der Waals surface area contributed by atoms with Crippen LogP contribution in [0.25, 0.3) is 6.08 Å². The average molecular weight is 486 g/mol. The predicted molar refractivity (Wildman–Crippen MR) is 138 cm³/mol. The Hall–Kier alpha value is -4.77. The van der Waals surface area contributed by atoms with E-state index in [4.69, 9.17) is 14.2 Å². The van der Waals surface area contributed by atoms with Gasteiger partial charge in [0.15, 0.2) is 6.61 Å². The molecule has 8 nitrogen and oxygen atoms in total. The Bertz CT molecular complexity index is 1290. The monoisotopic (exact) mass is 485 g/mol. The smallest absolute Gasteiger partial charge is 0.266 e. The summed E-state index contributed by atoms with van der Waals surface area (Å²) in [5, 5.41) is 15.1. The van der Waals surface area contributed by atoms with Gasteiger partial charge in [-0.2, -0.15) is 5.26 Å². The van der Waals surface area contributed by atoms with Gasteiger partial charge in [0, 0.05) is 23.0 Å². The number of carbonyl (C=O) groups excluding carboxylic acids is 2. The fourth-order valence-electron chi connectivity index (χ4n) is 3.25. The fourth-order valence-corrected chi connectivity index (χ4v) is 3.25. The molecule has 8 heteroatoms. The normalized spacial score (nSPS) is 10.7. The second-order valence-electron chi connectivity index (χ2n) is 7.69. The molecule has 36 heavy (non-hydrogen) atoms. The van der Waals surface area contributed by atoms with Crippen LogP contribution < -0.4 is 24.8 Å². The molecule has 0 atom stereocenters. The van der Waals surface area contributed by atoms with Crippen LogP contribution in [0.1, 0.15) is 18.1 Å². The van der Waals surface area contributed by atoms with E-state index in [0.717, 1.165) is 5.56 Å². The van der Waals surface area contributed by atoms with Crippen molar-refractivity contribution in [3.63, 3.8) is 0 Å². The molecule has 2 N–H and O–H groups in total. The highest BCUT2D eigenvalue weighted by Gasteiger charge is 2.14. The first-order chi connectivity index (χ1) is 17.4. The third kappa shape index (κ3) is 7.37. The fraction of sp³-hybridized carbons (Fsp3) is 0.179. The molecule has 3 rings (SSSR count). The topological polar surface area (TPSA) is 110 Å². The Kier molecular flexibility index (Phi) is 9.06. The summed E-state index contributed by atoms with van der Waals surface area (Å²) in [6.45, 7) is 4.07. The van der Waals surface area contributed by atoms with E-state index in [2.05, 4.69) is 10.6 Å². The zero-order valence-corrected chi connectivity index (χ0v) is 20.3. The van der Waals surface area contributed by atoms with Gasteiger partial charge in [0.05, 0.1) is 13.7 Å². The van der Waals surface area contributed by atoms with Crippen LogP contribution in [0.15, 0.2) is 72.3 Å². The van der Waals surface area contributed by atoms with E-state index >= 15 is 0 Å². The lowest BCUT2D eigenvalue weighted by Crippen LogP contribution is -2.20. The number of benzene rings is 3. The number of carbonyl (C=O) groups is 2. The van der Waals surface area contributed by atoms with Gasteiger partial charge in [0.1, 0.15) is 28.9 Å². The second-order valence-corrected chi connectivity index (χ2v) is 7.69. The molecular formula is C28H27N3O5. The quantitative estimate of drug-likeness (QED) is 0.310. The van der Waals surface area contributed by atoms with Crippen LogP contribution >= 0.6 is 0 Å². The van der Waals surface area contributed by atoms with Crippen molar-refractivity contribution in [2.24, 2.45) is 0 Å². The van der Waals surface area contributed by atoms with Gasteiger partial charge in [-0.05, 0) is 74.0 Å². The van der Waals surface area contributed by atoms with Crippen molar-refractivity contribution in [3.8, 4) is 23.3 Å². The molecule has 0 heterocycles. The number of nitrogens with zero attached hydrogens (tertiary/aromatic N) is 1. The van der Waals surface area contributed by atoms with E-state index < -0.39 is 5.91 Å². The number of methoxy groups -OCH3 is 1. The van der Waals surface area contributed by atoms with Crippen LogP contribution in [0.3, 0.4) is 0 Å². The number of aryl methyl sites for hydroxylation is 1. The number of amides is 2. The summed E-state index contributed by atoms with van der Waals surface area (Å²) < 4.78 is 16.4. The summed E-state index contributed by atoms with van der Waals surface area (Å²) >= 11 is 0. The van der Waals surface area contributed by atoms with Gasteiger partial charge in [-0.25, -0.2) is 0 Å². The molecule has 184 valence electrons. The van der Waals surface area contributed by atoms with Crippen molar-refractivity contribution in [1.82, 2.24) is 0 Å². The van der Waals surface area contributed by atoms with Gasteiger partial charge in [0.2, 0.25) is 0 Å². The van der Waals surface area contributed by atoms with Crippen molar-refractivity contribution in [3.05, 3.63) is 83.4 Å². The minimum Gasteiger partial charge on any atom is -0.497 e. The van der Waals surface area contributed by atoms with Crippen LogP contribution in [-0.4, -0.2) is 32.1 Å². The first-order valence-corrected chi connectivity index (χ1v) is 11.2. The molecule has 0 aliphatic carbocycles. The summed E-state index contributed by atoms with van der Waals surface area (Å²) in [5.74, 6) is 0.527. The lowest BCUT2D eigenvalue weighted by Gasteiger charge is -2.12. The van der Waals surface area contributed by atoms with Crippen molar-refractivity contribution in [2.45, 2.75) is 13.8 Å². The molecule has 3 aromatic rings. The molecule has 0 fully saturated rings. The van der Waals surface area contributed by atoms with Crippen molar-refractivity contribution >= 4 is 29.3 Å². The molecule has 2 amide bonds. The Morgan fingerprint density at radius 2 is 1.69 bits per heavy atom. The SMILES string of the molecule is CCOc1ccc(NC(=O)/C(C#N)=C/c2ccc(OC)cc2OCC(=O)Nc2cccc(C)c2)cc1. The van der Waals surface area contributed by atoms with Crippen molar-refractivity contribution in [2.75, 3.05) is 31.0 Å². The van der Waals surface area contributed by atoms with Crippen LogP contribution in [0.2, 0.25) is 0 Å². The van der Waals surface area contributed by atoms with Crippen LogP contribution in [0.4, 0.5) is 11.4 Å². The minimum atomic E-state index is -0.583. The number of hydrogen-bond acceptors (Lipinski definition) is 6. The maximum atomic E-state index is 12.7. The molecule has 0 aliphatic rings. The van der Waals surface area contributed by atoms with Crippen LogP contribution in [-0.2, 0) is 9.59 Å². The van der Waals surface area contributed by atoms with E-state index in [-0.39, 0.29) is 23.8 Å². The molecule has 0 aliphatic heterocycles. The first kappa shape index (κ1) is 25.8. The zero-order valence-electron chi connectivity index (χ0n) is 20.3. The zero-order chi connectivity index (χ0) is 25.9. The summed E-state index contributed by atoms with van der Waals surface area (Å²) in [7, 11) is 1.50. The van der Waals surface area contributed by atoms with Gasteiger partial charge < -0.3 is 24.8 Å². The van der Waals surface area contributed by atoms with Gasteiger partial charge in [-0.1, -0.05) is 12.1 Å². The molecule has 0 saturated heterocycles. The molecule has 0 saturated carbocycles. The number of nitrogens with one attached hydrogen (secondary N) is 2. The predicted octanol–water partition coefficient (Wildman–Crippen LogP) is 4.97. The Balaban J connectivity index is 1.75. The number of anilines is 2. The van der Waals surface area contributed by atoms with E-state index in [1.165, 1.54) is 13.2 Å². The lowest BCUT2D eigenvalue weighted by molar-refractivity contribution is -0.118. The summed E-state index contributed by atoms with van der Waals surface area (Å²) in [4.78, 5) is 25.1. The Morgan fingerprint density at radius 3 is 2.36 bits per heavy atom. The Morgan fingerprint density at radius 1 is 0.944 bits per heavy atom.